The van der Waals surface area contributed by atoms with Gasteiger partial charge in [-0.2, -0.15) is 0 Å². The molecule has 31 heavy (non-hydrogen) atoms. The summed E-state index contributed by atoms with van der Waals surface area (Å²) in [6.07, 6.45) is 5.75. The number of ether oxygens (including phenoxy) is 1. The fourth-order valence-corrected chi connectivity index (χ4v) is 3.86. The Bertz CT molecular complexity index is 1060. The minimum atomic E-state index is -1.77. The number of rotatable bonds is 7. The first-order chi connectivity index (χ1) is 14.7. The van der Waals surface area contributed by atoms with Crippen LogP contribution in [0.5, 0.6) is 5.75 Å². The molecule has 0 aliphatic heterocycles. The Balaban J connectivity index is 1.75. The van der Waals surface area contributed by atoms with Gasteiger partial charge in [0.05, 0.1) is 19.4 Å². The van der Waals surface area contributed by atoms with Crippen molar-refractivity contribution in [1.82, 2.24) is 9.97 Å². The van der Waals surface area contributed by atoms with Crippen molar-refractivity contribution in [2.45, 2.75) is 45.5 Å². The number of aromatic nitrogens is 2. The van der Waals surface area contributed by atoms with Gasteiger partial charge in [-0.15, -0.1) is 0 Å². The summed E-state index contributed by atoms with van der Waals surface area (Å²) < 4.78 is 11.8. The summed E-state index contributed by atoms with van der Waals surface area (Å²) in [7, 11) is -0.102. The van der Waals surface area contributed by atoms with Crippen LogP contribution in [0.4, 0.5) is 0 Å². The van der Waals surface area contributed by atoms with Crippen LogP contribution in [0.25, 0.3) is 23.4 Å². The van der Waals surface area contributed by atoms with Crippen molar-refractivity contribution in [3.05, 3.63) is 77.7 Å². The molecule has 0 aliphatic carbocycles. The van der Waals surface area contributed by atoms with Crippen molar-refractivity contribution in [3.63, 3.8) is 0 Å². The molecule has 0 saturated heterocycles. The van der Waals surface area contributed by atoms with Crippen molar-refractivity contribution in [2.24, 2.45) is 0 Å². The molecular weight excluding hydrogens is 400 g/mol. The van der Waals surface area contributed by atoms with Gasteiger partial charge in [0.25, 0.3) is 0 Å². The molecule has 0 atom stereocenters. The Morgan fingerprint density at radius 1 is 0.968 bits per heavy atom. The highest BCUT2D eigenvalue weighted by Gasteiger charge is 2.36. The zero-order valence-corrected chi connectivity index (χ0v) is 20.3. The van der Waals surface area contributed by atoms with Crippen LogP contribution < -0.4 is 4.74 Å². The summed E-state index contributed by atoms with van der Waals surface area (Å²) in [5, 5.41) is 0.203. The third-order valence-electron chi connectivity index (χ3n) is 5.84. The van der Waals surface area contributed by atoms with E-state index in [1.165, 1.54) is 5.56 Å². The second kappa shape index (κ2) is 9.58. The van der Waals surface area contributed by atoms with E-state index in [0.717, 1.165) is 22.6 Å². The smallest absolute Gasteiger partial charge is 0.192 e. The van der Waals surface area contributed by atoms with Crippen LogP contribution in [0.2, 0.25) is 18.1 Å². The molecule has 1 heterocycles. The first-order valence-corrected chi connectivity index (χ1v) is 13.5. The SMILES string of the molecule is COc1ccccc1-c1ccnc(/C=C/c2cccc(CO[Si](C)(C)C(C)(C)C)c2)n1. The topological polar surface area (TPSA) is 44.2 Å². The first kappa shape index (κ1) is 22.9. The quantitative estimate of drug-likeness (QED) is 0.383. The lowest BCUT2D eigenvalue weighted by Crippen LogP contribution is -2.40. The predicted octanol–water partition coefficient (Wildman–Crippen LogP) is 6.84. The standard InChI is InChI=1S/C26H32N2O2Si/c1-26(2,3)31(5,6)30-19-21-11-9-10-20(18-21)14-15-25-27-17-16-23(28-25)22-12-7-8-13-24(22)29-4/h7-18H,19H2,1-6H3/b15-14+. The first-order valence-electron chi connectivity index (χ1n) is 10.6. The highest BCUT2D eigenvalue weighted by Crippen LogP contribution is 2.37. The van der Waals surface area contributed by atoms with E-state index >= 15 is 0 Å². The van der Waals surface area contributed by atoms with Gasteiger partial charge in [-0.1, -0.05) is 57.2 Å². The molecule has 0 N–H and O–H groups in total. The molecule has 0 amide bonds. The number of hydrogen-bond acceptors (Lipinski definition) is 4. The van der Waals surface area contributed by atoms with E-state index in [1.807, 2.05) is 42.5 Å². The molecule has 3 aromatic rings. The van der Waals surface area contributed by atoms with Gasteiger partial charge >= 0.3 is 0 Å². The van der Waals surface area contributed by atoms with Crippen LogP contribution in [-0.4, -0.2) is 25.4 Å². The number of para-hydroxylation sites is 1. The van der Waals surface area contributed by atoms with Gasteiger partial charge in [0.2, 0.25) is 0 Å². The van der Waals surface area contributed by atoms with Crippen molar-refractivity contribution in [2.75, 3.05) is 7.11 Å². The summed E-state index contributed by atoms with van der Waals surface area (Å²) in [6.45, 7) is 12.0. The van der Waals surface area contributed by atoms with Crippen LogP contribution >= 0.6 is 0 Å². The van der Waals surface area contributed by atoms with Gasteiger partial charge < -0.3 is 9.16 Å². The number of nitrogens with zero attached hydrogens (tertiary/aromatic N) is 2. The van der Waals surface area contributed by atoms with E-state index in [1.54, 1.807) is 13.3 Å². The van der Waals surface area contributed by atoms with Crippen LogP contribution in [0.3, 0.4) is 0 Å². The average molecular weight is 433 g/mol. The molecular formula is C26H32N2O2Si. The second-order valence-electron chi connectivity index (χ2n) is 9.13. The third kappa shape index (κ3) is 5.90. The van der Waals surface area contributed by atoms with Gasteiger partial charge in [-0.25, -0.2) is 9.97 Å². The molecule has 0 fully saturated rings. The van der Waals surface area contributed by atoms with Crippen LogP contribution in [0.15, 0.2) is 60.8 Å². The molecule has 0 radical (unpaired) electrons. The van der Waals surface area contributed by atoms with E-state index in [-0.39, 0.29) is 5.04 Å². The zero-order chi connectivity index (χ0) is 22.5. The van der Waals surface area contributed by atoms with E-state index < -0.39 is 8.32 Å². The molecule has 0 aliphatic rings. The Morgan fingerprint density at radius 2 is 1.74 bits per heavy atom. The van der Waals surface area contributed by atoms with Crippen LogP contribution in [0.1, 0.15) is 37.7 Å². The van der Waals surface area contributed by atoms with Gasteiger partial charge in [-0.05, 0) is 59.6 Å². The third-order valence-corrected chi connectivity index (χ3v) is 10.3. The van der Waals surface area contributed by atoms with Gasteiger partial charge in [0.1, 0.15) is 5.75 Å². The minimum Gasteiger partial charge on any atom is -0.496 e. The summed E-state index contributed by atoms with van der Waals surface area (Å²) in [5.74, 6) is 1.46. The second-order valence-corrected chi connectivity index (χ2v) is 13.9. The molecule has 1 aromatic heterocycles. The van der Waals surface area contributed by atoms with E-state index in [0.29, 0.717) is 12.4 Å². The maximum absolute atomic E-state index is 6.36. The summed E-state index contributed by atoms with van der Waals surface area (Å²) in [5.41, 5.74) is 4.06. The molecule has 0 unspecified atom stereocenters. The number of hydrogen-bond donors (Lipinski definition) is 0. The highest BCUT2D eigenvalue weighted by molar-refractivity contribution is 6.74. The molecule has 3 rings (SSSR count). The van der Waals surface area contributed by atoms with Crippen molar-refractivity contribution < 1.29 is 9.16 Å². The Kier molecular flexibility index (Phi) is 7.08. The maximum Gasteiger partial charge on any atom is 0.192 e. The monoisotopic (exact) mass is 432 g/mol. The molecule has 162 valence electrons. The lowest BCUT2D eigenvalue weighted by atomic mass is 10.1. The van der Waals surface area contributed by atoms with E-state index in [9.17, 15) is 0 Å². The number of methoxy groups -OCH3 is 1. The van der Waals surface area contributed by atoms with Crippen molar-refractivity contribution in [1.29, 1.82) is 0 Å². The van der Waals surface area contributed by atoms with Crippen molar-refractivity contribution >= 4 is 20.5 Å². The average Bonchev–Trinajstić information content (AvgIpc) is 2.76. The van der Waals surface area contributed by atoms with Gasteiger partial charge in [0, 0.05) is 11.8 Å². The van der Waals surface area contributed by atoms with Crippen LogP contribution in [0, 0.1) is 0 Å². The Morgan fingerprint density at radius 3 is 2.48 bits per heavy atom. The lowest BCUT2D eigenvalue weighted by Gasteiger charge is -2.36. The largest absolute Gasteiger partial charge is 0.496 e. The molecule has 0 saturated carbocycles. The summed E-state index contributed by atoms with van der Waals surface area (Å²) in [6, 6.07) is 18.2. The fourth-order valence-electron chi connectivity index (χ4n) is 2.90. The Labute approximate surface area is 187 Å². The molecule has 4 nitrogen and oxygen atoms in total. The fraction of sp³-hybridized carbons (Fsp3) is 0.308. The molecule has 2 aromatic carbocycles. The van der Waals surface area contributed by atoms with Crippen LogP contribution in [-0.2, 0) is 11.0 Å². The molecule has 0 spiro atoms. The Hall–Kier alpha value is -2.76. The highest BCUT2D eigenvalue weighted by atomic mass is 28.4. The van der Waals surface area contributed by atoms with E-state index in [2.05, 4.69) is 68.1 Å². The lowest BCUT2D eigenvalue weighted by molar-refractivity contribution is 0.276. The predicted molar refractivity (Wildman–Crippen MR) is 131 cm³/mol. The van der Waals surface area contributed by atoms with Gasteiger partial charge in [-0.3, -0.25) is 0 Å². The molecule has 0 bridgehead atoms. The van der Waals surface area contributed by atoms with Crippen molar-refractivity contribution in [3.8, 4) is 17.0 Å². The molecule has 5 heteroatoms. The normalized spacial score (nSPS) is 12.3. The summed E-state index contributed by atoms with van der Waals surface area (Å²) >= 11 is 0. The summed E-state index contributed by atoms with van der Waals surface area (Å²) in [4.78, 5) is 9.08. The number of benzene rings is 2. The minimum absolute atomic E-state index is 0.203. The van der Waals surface area contributed by atoms with Gasteiger partial charge in [0.15, 0.2) is 14.1 Å². The maximum atomic E-state index is 6.36. The zero-order valence-electron chi connectivity index (χ0n) is 19.3. The van der Waals surface area contributed by atoms with E-state index in [4.69, 9.17) is 9.16 Å².